The first-order chi connectivity index (χ1) is 17.8. The molecule has 0 bridgehead atoms. The average Bonchev–Trinajstić information content (AvgIpc) is 3.16. The lowest BCUT2D eigenvalue weighted by Crippen LogP contribution is -2.34. The quantitative estimate of drug-likeness (QED) is 0.528. The van der Waals surface area contributed by atoms with E-state index in [1.165, 1.54) is 12.2 Å². The van der Waals surface area contributed by atoms with E-state index in [0.717, 1.165) is 11.1 Å². The molecule has 0 saturated carbocycles. The molecule has 0 aromatic heterocycles. The Balaban J connectivity index is 1.33. The highest BCUT2D eigenvalue weighted by Crippen LogP contribution is 2.33. The number of nitrogens with one attached hydrogen (secondary N) is 1. The molecule has 7 nitrogen and oxygen atoms in total. The van der Waals surface area contributed by atoms with Crippen molar-refractivity contribution in [2.24, 2.45) is 10.9 Å². The van der Waals surface area contributed by atoms with E-state index in [1.807, 2.05) is 24.3 Å². The average molecular weight is 499 g/mol. The highest BCUT2D eigenvalue weighted by atomic mass is 19.1. The smallest absolute Gasteiger partial charge is 0.335 e. The topological polar surface area (TPSA) is 108 Å². The second kappa shape index (κ2) is 9.73. The van der Waals surface area contributed by atoms with E-state index in [0.29, 0.717) is 22.5 Å². The van der Waals surface area contributed by atoms with Crippen molar-refractivity contribution in [3.05, 3.63) is 113 Å². The lowest BCUT2D eigenvalue weighted by Gasteiger charge is -2.19. The molecule has 1 aliphatic heterocycles. The zero-order valence-corrected chi connectivity index (χ0v) is 19.8. The number of aliphatic imine (C=N–C) groups is 1. The molecule has 0 amide bonds. The summed E-state index contributed by atoms with van der Waals surface area (Å²) in [6.07, 6.45) is 9.81. The standard InChI is InChI=1S/C29H23FN2O5/c1-16-3-2-4-21(13-22(16)28(35)36)37-29-31-25-14-23(24(30)15-26(25)32-29)19-9-5-17(6-10-19)18-7-11-20(12-8-18)27(33)34/h2-15,22,25-26H,1H3,(H,31,32)(H,33,34)(H,35,36). The fourth-order valence-corrected chi connectivity index (χ4v) is 4.39. The zero-order chi connectivity index (χ0) is 26.1. The van der Waals surface area contributed by atoms with Gasteiger partial charge in [-0.2, -0.15) is 0 Å². The number of hydrogen-bond donors (Lipinski definition) is 3. The number of ether oxygens (including phenoxy) is 1. The molecule has 186 valence electrons. The zero-order valence-electron chi connectivity index (χ0n) is 19.8. The van der Waals surface area contributed by atoms with Crippen LogP contribution in [0.5, 0.6) is 0 Å². The minimum absolute atomic E-state index is 0.191. The van der Waals surface area contributed by atoms with E-state index >= 15 is 4.39 Å². The summed E-state index contributed by atoms with van der Waals surface area (Å²) < 4.78 is 20.9. The molecule has 0 radical (unpaired) electrons. The van der Waals surface area contributed by atoms with Gasteiger partial charge < -0.3 is 20.3 Å². The molecular weight excluding hydrogens is 475 g/mol. The van der Waals surface area contributed by atoms with Crippen LogP contribution in [0.15, 0.2) is 107 Å². The minimum atomic E-state index is -0.983. The summed E-state index contributed by atoms with van der Waals surface area (Å²) in [5.41, 5.74) is 3.73. The maximum atomic E-state index is 15.0. The van der Waals surface area contributed by atoms with Gasteiger partial charge in [0.1, 0.15) is 11.6 Å². The molecule has 2 aliphatic carbocycles. The van der Waals surface area contributed by atoms with Gasteiger partial charge in [0.2, 0.25) is 0 Å². The molecule has 2 aromatic rings. The third kappa shape index (κ3) is 4.99. The first kappa shape index (κ1) is 24.0. The number of aliphatic carboxylic acids is 1. The molecule has 3 aliphatic rings. The molecule has 0 saturated heterocycles. The van der Waals surface area contributed by atoms with Crippen LogP contribution in [0.25, 0.3) is 16.7 Å². The summed E-state index contributed by atoms with van der Waals surface area (Å²) in [5, 5.41) is 21.6. The number of fused-ring (bicyclic) bond motifs is 1. The van der Waals surface area contributed by atoms with Gasteiger partial charge in [0.15, 0.2) is 0 Å². The van der Waals surface area contributed by atoms with Crippen LogP contribution < -0.4 is 5.32 Å². The Morgan fingerprint density at radius 3 is 2.24 bits per heavy atom. The molecule has 8 heteroatoms. The molecule has 2 aromatic carbocycles. The number of carboxylic acid groups (broad SMARTS) is 2. The Labute approximate surface area is 212 Å². The second-order valence-corrected chi connectivity index (χ2v) is 8.91. The molecular formula is C29H23FN2O5. The van der Waals surface area contributed by atoms with Crippen molar-refractivity contribution in [2.75, 3.05) is 0 Å². The van der Waals surface area contributed by atoms with Crippen molar-refractivity contribution < 1.29 is 28.9 Å². The van der Waals surface area contributed by atoms with Crippen LogP contribution in [0, 0.1) is 5.92 Å². The highest BCUT2D eigenvalue weighted by Gasteiger charge is 2.32. The van der Waals surface area contributed by atoms with Gasteiger partial charge in [-0.15, -0.1) is 0 Å². The van der Waals surface area contributed by atoms with Crippen molar-refractivity contribution >= 4 is 23.5 Å². The predicted octanol–water partition coefficient (Wildman–Crippen LogP) is 5.12. The number of carboxylic acids is 2. The van der Waals surface area contributed by atoms with Crippen molar-refractivity contribution in [3.63, 3.8) is 0 Å². The molecule has 1 heterocycles. The Morgan fingerprint density at radius 1 is 0.946 bits per heavy atom. The highest BCUT2D eigenvalue weighted by molar-refractivity contribution is 5.88. The summed E-state index contributed by atoms with van der Waals surface area (Å²) >= 11 is 0. The summed E-state index contributed by atoms with van der Waals surface area (Å²) in [4.78, 5) is 27.2. The van der Waals surface area contributed by atoms with Gasteiger partial charge in [0, 0.05) is 5.57 Å². The van der Waals surface area contributed by atoms with Gasteiger partial charge in [-0.3, -0.25) is 4.79 Å². The normalized spacial score (nSPS) is 22.3. The lowest BCUT2D eigenvalue weighted by molar-refractivity contribution is -0.138. The van der Waals surface area contributed by atoms with Crippen LogP contribution in [0.4, 0.5) is 4.39 Å². The number of amidine groups is 1. The first-order valence-electron chi connectivity index (χ1n) is 11.6. The van der Waals surface area contributed by atoms with Gasteiger partial charge >= 0.3 is 11.9 Å². The first-order valence-corrected chi connectivity index (χ1v) is 11.6. The van der Waals surface area contributed by atoms with Gasteiger partial charge in [0.25, 0.3) is 6.02 Å². The number of allylic oxidation sites excluding steroid dienone is 5. The summed E-state index contributed by atoms with van der Waals surface area (Å²) in [5.74, 6) is -2.82. The molecule has 37 heavy (non-hydrogen) atoms. The van der Waals surface area contributed by atoms with Gasteiger partial charge in [0.05, 0.1) is 23.6 Å². The monoisotopic (exact) mass is 498 g/mol. The molecule has 0 spiro atoms. The Bertz CT molecular complexity index is 1450. The van der Waals surface area contributed by atoms with Gasteiger partial charge in [-0.25, -0.2) is 14.2 Å². The number of hydrogen-bond acceptors (Lipinski definition) is 5. The van der Waals surface area contributed by atoms with E-state index in [2.05, 4.69) is 10.3 Å². The van der Waals surface area contributed by atoms with Crippen molar-refractivity contribution in [1.29, 1.82) is 0 Å². The predicted molar refractivity (Wildman–Crippen MR) is 137 cm³/mol. The van der Waals surface area contributed by atoms with Gasteiger partial charge in [-0.1, -0.05) is 54.1 Å². The minimum Gasteiger partial charge on any atom is -0.481 e. The van der Waals surface area contributed by atoms with Crippen molar-refractivity contribution in [3.8, 4) is 11.1 Å². The maximum Gasteiger partial charge on any atom is 0.335 e. The van der Waals surface area contributed by atoms with Crippen molar-refractivity contribution in [2.45, 2.75) is 19.0 Å². The maximum absolute atomic E-state index is 15.0. The largest absolute Gasteiger partial charge is 0.481 e. The van der Waals surface area contributed by atoms with Crippen molar-refractivity contribution in [1.82, 2.24) is 5.32 Å². The molecule has 3 unspecified atom stereocenters. The lowest BCUT2D eigenvalue weighted by atomic mass is 9.92. The molecule has 3 N–H and O–H groups in total. The van der Waals surface area contributed by atoms with E-state index in [-0.39, 0.29) is 17.4 Å². The number of benzene rings is 2. The van der Waals surface area contributed by atoms with Gasteiger partial charge in [-0.05, 0) is 60.1 Å². The van der Waals surface area contributed by atoms with E-state index in [9.17, 15) is 14.7 Å². The van der Waals surface area contributed by atoms with Crippen LogP contribution in [0.1, 0.15) is 22.8 Å². The van der Waals surface area contributed by atoms with Crippen LogP contribution >= 0.6 is 0 Å². The molecule has 5 rings (SSSR count). The van der Waals surface area contributed by atoms with Crippen LogP contribution in [-0.4, -0.2) is 40.3 Å². The van der Waals surface area contributed by atoms with E-state index < -0.39 is 29.9 Å². The Morgan fingerprint density at radius 2 is 1.59 bits per heavy atom. The summed E-state index contributed by atoms with van der Waals surface area (Å²) in [6, 6.07) is 13.3. The number of nitrogens with zero attached hydrogens (tertiary/aromatic N) is 1. The Kier molecular flexibility index (Phi) is 6.31. The third-order valence-electron chi connectivity index (χ3n) is 6.43. The van der Waals surface area contributed by atoms with Crippen LogP contribution in [-0.2, 0) is 9.53 Å². The molecule has 3 atom stereocenters. The number of carbonyl (C=O) groups is 2. The third-order valence-corrected chi connectivity index (χ3v) is 6.43. The summed E-state index contributed by atoms with van der Waals surface area (Å²) in [6.45, 7) is 1.74. The SMILES string of the molecule is CC1=CC=CC(OC2=NC3C=C(c4ccc(-c5ccc(C(=O)O)cc5)cc4)C(F)=CC3N2)=CC1C(=O)O. The van der Waals surface area contributed by atoms with E-state index in [1.54, 1.807) is 55.5 Å². The fourth-order valence-electron chi connectivity index (χ4n) is 4.39. The number of aromatic carboxylic acids is 1. The number of rotatable bonds is 5. The van der Waals surface area contributed by atoms with E-state index in [4.69, 9.17) is 9.84 Å². The Hall–Kier alpha value is -4.72. The number of halogens is 1. The fraction of sp³-hybridized carbons (Fsp3) is 0.138. The summed E-state index contributed by atoms with van der Waals surface area (Å²) in [7, 11) is 0. The molecule has 0 fully saturated rings. The van der Waals surface area contributed by atoms with Crippen LogP contribution in [0.3, 0.4) is 0 Å². The second-order valence-electron chi connectivity index (χ2n) is 8.91. The van der Waals surface area contributed by atoms with Crippen LogP contribution in [0.2, 0.25) is 0 Å².